The molecule has 2 N–H and O–H groups in total. The normalized spacial score (nSPS) is 9.95. The fourth-order valence-corrected chi connectivity index (χ4v) is 1.87. The Hall–Kier alpha value is -2.57. The van der Waals surface area contributed by atoms with Crippen LogP contribution < -0.4 is 5.32 Å². The molecule has 4 amide bonds. The first-order chi connectivity index (χ1) is 10.3. The number of carbonyl (C=O) groups is 3. The largest absolute Gasteiger partial charge is 0.481 e. The van der Waals surface area contributed by atoms with Crippen molar-refractivity contribution < 1.29 is 19.5 Å². The number of hydrogen-bond acceptors (Lipinski definition) is 3. The second-order valence-electron chi connectivity index (χ2n) is 4.97. The van der Waals surface area contributed by atoms with Gasteiger partial charge < -0.3 is 15.3 Å². The summed E-state index contributed by atoms with van der Waals surface area (Å²) in [6.45, 7) is 2.13. The Kier molecular flexibility index (Phi) is 6.37. The molecule has 0 saturated carbocycles. The first-order valence-electron chi connectivity index (χ1n) is 6.86. The molecule has 0 aromatic heterocycles. The van der Waals surface area contributed by atoms with E-state index in [4.69, 9.17) is 5.11 Å². The number of urea groups is 2. The van der Waals surface area contributed by atoms with E-state index in [0.29, 0.717) is 6.54 Å². The van der Waals surface area contributed by atoms with Crippen molar-refractivity contribution in [2.24, 2.45) is 0 Å². The summed E-state index contributed by atoms with van der Waals surface area (Å²) >= 11 is 0. The predicted octanol–water partition coefficient (Wildman–Crippen LogP) is 1.66. The van der Waals surface area contributed by atoms with E-state index < -0.39 is 18.0 Å². The van der Waals surface area contributed by atoms with Gasteiger partial charge in [-0.25, -0.2) is 14.5 Å². The molecule has 0 unspecified atom stereocenters. The minimum Gasteiger partial charge on any atom is -0.481 e. The number of carbonyl (C=O) groups excluding carboxylic acids is 2. The van der Waals surface area contributed by atoms with Gasteiger partial charge in [-0.05, 0) is 12.5 Å². The van der Waals surface area contributed by atoms with Crippen LogP contribution in [0, 0.1) is 6.92 Å². The highest BCUT2D eigenvalue weighted by Crippen LogP contribution is 2.08. The minimum atomic E-state index is -1.07. The molecule has 0 atom stereocenters. The van der Waals surface area contributed by atoms with Gasteiger partial charge in [-0.1, -0.05) is 29.8 Å². The van der Waals surface area contributed by atoms with Gasteiger partial charge in [-0.2, -0.15) is 0 Å². The number of nitrogens with one attached hydrogen (secondary N) is 1. The molecule has 1 aromatic carbocycles. The van der Waals surface area contributed by atoms with Gasteiger partial charge >= 0.3 is 18.0 Å². The first-order valence-corrected chi connectivity index (χ1v) is 6.86. The van der Waals surface area contributed by atoms with Crippen LogP contribution in [0.1, 0.15) is 17.5 Å². The number of nitrogens with zero attached hydrogens (tertiary/aromatic N) is 2. The predicted molar refractivity (Wildman–Crippen MR) is 81.5 cm³/mol. The third-order valence-electron chi connectivity index (χ3n) is 3.11. The fraction of sp³-hybridized carbons (Fsp3) is 0.400. The molecule has 0 radical (unpaired) electrons. The third kappa shape index (κ3) is 5.08. The van der Waals surface area contributed by atoms with Crippen molar-refractivity contribution >= 4 is 18.0 Å². The molecule has 0 spiro atoms. The number of rotatable bonds is 5. The van der Waals surface area contributed by atoms with Crippen LogP contribution in [0.15, 0.2) is 24.3 Å². The molecule has 7 nitrogen and oxygen atoms in total. The van der Waals surface area contributed by atoms with Crippen molar-refractivity contribution in [2.45, 2.75) is 19.9 Å². The number of imide groups is 1. The van der Waals surface area contributed by atoms with Gasteiger partial charge in [0.15, 0.2) is 0 Å². The first kappa shape index (κ1) is 17.5. The molecule has 0 heterocycles. The molecule has 0 aliphatic heterocycles. The molecule has 0 aliphatic rings. The molecule has 120 valence electrons. The number of hydrogen-bond donors (Lipinski definition) is 2. The van der Waals surface area contributed by atoms with Gasteiger partial charge in [-0.15, -0.1) is 0 Å². The number of aryl methyl sites for hydroxylation is 1. The van der Waals surface area contributed by atoms with Crippen molar-refractivity contribution in [1.29, 1.82) is 0 Å². The minimum absolute atomic E-state index is 0.175. The van der Waals surface area contributed by atoms with Crippen molar-refractivity contribution in [2.75, 3.05) is 20.6 Å². The summed E-state index contributed by atoms with van der Waals surface area (Å²) in [6, 6.07) is 6.52. The highest BCUT2D eigenvalue weighted by Gasteiger charge is 2.24. The van der Waals surface area contributed by atoms with E-state index in [1.54, 1.807) is 7.05 Å². The van der Waals surface area contributed by atoms with Gasteiger partial charge in [0.1, 0.15) is 0 Å². The molecule has 22 heavy (non-hydrogen) atoms. The standard InChI is InChI=1S/C15H21N3O4/c1-11-4-6-12(7-5-11)10-17(3)15(22)18(14(21)16-2)9-8-13(19)20/h4-7H,8-10H2,1-3H3,(H,16,21)(H,19,20). The van der Waals surface area contributed by atoms with Crippen molar-refractivity contribution in [3.05, 3.63) is 35.4 Å². The summed E-state index contributed by atoms with van der Waals surface area (Å²) < 4.78 is 0. The van der Waals surface area contributed by atoms with Crippen LogP contribution in [0.25, 0.3) is 0 Å². The van der Waals surface area contributed by atoms with Crippen LogP contribution in [-0.2, 0) is 11.3 Å². The van der Waals surface area contributed by atoms with E-state index in [2.05, 4.69) is 5.32 Å². The van der Waals surface area contributed by atoms with Gasteiger partial charge in [0.05, 0.1) is 6.42 Å². The third-order valence-corrected chi connectivity index (χ3v) is 3.11. The van der Waals surface area contributed by atoms with Crippen LogP contribution in [0.5, 0.6) is 0 Å². The van der Waals surface area contributed by atoms with Gasteiger partial charge in [0, 0.05) is 27.2 Å². The highest BCUT2D eigenvalue weighted by atomic mass is 16.4. The average molecular weight is 307 g/mol. The number of carboxylic acid groups (broad SMARTS) is 1. The molecule has 0 saturated heterocycles. The zero-order valence-electron chi connectivity index (χ0n) is 13.0. The number of aliphatic carboxylic acids is 1. The Labute approximate surface area is 129 Å². The molecular formula is C15H21N3O4. The lowest BCUT2D eigenvalue weighted by molar-refractivity contribution is -0.137. The van der Waals surface area contributed by atoms with E-state index in [1.807, 2.05) is 31.2 Å². The molecular weight excluding hydrogens is 286 g/mol. The summed E-state index contributed by atoms with van der Waals surface area (Å²) in [5.41, 5.74) is 2.04. The zero-order chi connectivity index (χ0) is 16.7. The fourth-order valence-electron chi connectivity index (χ4n) is 1.87. The monoisotopic (exact) mass is 307 g/mol. The van der Waals surface area contributed by atoms with Crippen LogP contribution in [0.3, 0.4) is 0 Å². The van der Waals surface area contributed by atoms with Crippen molar-refractivity contribution in [1.82, 2.24) is 15.1 Å². The zero-order valence-corrected chi connectivity index (χ0v) is 13.0. The Bertz CT molecular complexity index is 542. The van der Waals surface area contributed by atoms with Crippen molar-refractivity contribution in [3.63, 3.8) is 0 Å². The second-order valence-corrected chi connectivity index (χ2v) is 4.97. The lowest BCUT2D eigenvalue weighted by Gasteiger charge is -2.26. The van der Waals surface area contributed by atoms with Crippen LogP contribution in [0.2, 0.25) is 0 Å². The van der Waals surface area contributed by atoms with Crippen molar-refractivity contribution in [3.8, 4) is 0 Å². The summed E-state index contributed by atoms with van der Waals surface area (Å²) in [5.74, 6) is -1.07. The van der Waals surface area contributed by atoms with Crippen LogP contribution in [0.4, 0.5) is 9.59 Å². The Morgan fingerprint density at radius 3 is 2.27 bits per heavy atom. The van der Waals surface area contributed by atoms with E-state index in [0.717, 1.165) is 16.0 Å². The number of carboxylic acids is 1. The molecule has 0 fully saturated rings. The van der Waals surface area contributed by atoms with E-state index in [9.17, 15) is 14.4 Å². The molecule has 0 aliphatic carbocycles. The molecule has 7 heteroatoms. The number of amides is 4. The maximum atomic E-state index is 12.3. The van der Waals surface area contributed by atoms with E-state index >= 15 is 0 Å². The van der Waals surface area contributed by atoms with Gasteiger partial charge in [0.2, 0.25) is 0 Å². The lowest BCUT2D eigenvalue weighted by Crippen LogP contribution is -2.48. The van der Waals surface area contributed by atoms with Crippen LogP contribution >= 0.6 is 0 Å². The SMILES string of the molecule is CNC(=O)N(CCC(=O)O)C(=O)N(C)Cc1ccc(C)cc1. The Morgan fingerprint density at radius 2 is 1.77 bits per heavy atom. The molecule has 0 bridgehead atoms. The quantitative estimate of drug-likeness (QED) is 0.865. The number of benzene rings is 1. The van der Waals surface area contributed by atoms with Crippen LogP contribution in [-0.4, -0.2) is 53.6 Å². The van der Waals surface area contributed by atoms with Gasteiger partial charge in [-0.3, -0.25) is 4.79 Å². The summed E-state index contributed by atoms with van der Waals surface area (Å²) in [7, 11) is 2.96. The highest BCUT2D eigenvalue weighted by molar-refractivity contribution is 5.93. The summed E-state index contributed by atoms with van der Waals surface area (Å²) in [5, 5.41) is 11.1. The Balaban J connectivity index is 2.76. The topological polar surface area (TPSA) is 90.0 Å². The molecule has 1 rings (SSSR count). The van der Waals surface area contributed by atoms with Gasteiger partial charge in [0.25, 0.3) is 0 Å². The smallest absolute Gasteiger partial charge is 0.328 e. The summed E-state index contributed by atoms with van der Waals surface area (Å²) in [6.07, 6.45) is -0.294. The van der Waals surface area contributed by atoms with E-state index in [1.165, 1.54) is 11.9 Å². The Morgan fingerprint density at radius 1 is 1.18 bits per heavy atom. The second kappa shape index (κ2) is 8.02. The maximum absolute atomic E-state index is 12.3. The average Bonchev–Trinajstić information content (AvgIpc) is 2.48. The maximum Gasteiger partial charge on any atom is 0.328 e. The summed E-state index contributed by atoms with van der Waals surface area (Å²) in [4.78, 5) is 37.0. The lowest BCUT2D eigenvalue weighted by atomic mass is 10.1. The van der Waals surface area contributed by atoms with E-state index in [-0.39, 0.29) is 13.0 Å². The molecule has 1 aromatic rings.